The lowest BCUT2D eigenvalue weighted by Crippen LogP contribution is -1.97. The molecule has 5 heteroatoms. The van der Waals surface area contributed by atoms with Crippen LogP contribution >= 0.6 is 11.3 Å². The predicted molar refractivity (Wildman–Crippen MR) is 84.8 cm³/mol. The summed E-state index contributed by atoms with van der Waals surface area (Å²) in [6, 6.07) is 7.73. The van der Waals surface area contributed by atoms with Crippen LogP contribution in [0.4, 0.5) is 5.13 Å². The first kappa shape index (κ1) is 14.3. The first-order valence-electron chi connectivity index (χ1n) is 6.22. The number of anilines is 1. The van der Waals surface area contributed by atoms with Gasteiger partial charge in [-0.2, -0.15) is 5.10 Å². The minimum atomic E-state index is 0.540. The molecule has 0 saturated heterocycles. The number of ether oxygens (including phenoxy) is 1. The summed E-state index contributed by atoms with van der Waals surface area (Å²) < 4.78 is 5.53. The molecule has 0 unspecified atom stereocenters. The molecule has 0 spiro atoms. The summed E-state index contributed by atoms with van der Waals surface area (Å²) >= 11 is 1.53. The predicted octanol–water partition coefficient (Wildman–Crippen LogP) is 3.85. The van der Waals surface area contributed by atoms with Crippen molar-refractivity contribution in [3.8, 4) is 5.75 Å². The van der Waals surface area contributed by atoms with Gasteiger partial charge in [0.15, 0.2) is 0 Å². The molecule has 2 aromatic rings. The second kappa shape index (κ2) is 6.86. The number of aryl methyl sites for hydroxylation is 1. The third kappa shape index (κ3) is 4.51. The van der Waals surface area contributed by atoms with E-state index in [2.05, 4.69) is 22.1 Å². The molecule has 104 valence electrons. The number of aromatic nitrogens is 1. The largest absolute Gasteiger partial charge is 0.489 e. The highest BCUT2D eigenvalue weighted by Crippen LogP contribution is 2.14. The Morgan fingerprint density at radius 2 is 2.20 bits per heavy atom. The van der Waals surface area contributed by atoms with E-state index in [0.717, 1.165) is 27.7 Å². The van der Waals surface area contributed by atoms with E-state index in [1.807, 2.05) is 43.5 Å². The zero-order valence-electron chi connectivity index (χ0n) is 11.6. The molecule has 0 amide bonds. The van der Waals surface area contributed by atoms with Crippen LogP contribution in [0.1, 0.15) is 18.2 Å². The number of hydrogen-bond acceptors (Lipinski definition) is 5. The van der Waals surface area contributed by atoms with E-state index in [1.54, 1.807) is 6.21 Å². The minimum absolute atomic E-state index is 0.540. The Kier molecular flexibility index (Phi) is 4.90. The van der Waals surface area contributed by atoms with Crippen LogP contribution in [0.15, 0.2) is 46.9 Å². The van der Waals surface area contributed by atoms with Gasteiger partial charge in [0, 0.05) is 5.38 Å². The number of thiazole rings is 1. The van der Waals surface area contributed by atoms with Crippen molar-refractivity contribution in [1.82, 2.24) is 4.98 Å². The normalized spacial score (nSPS) is 10.7. The molecule has 1 heterocycles. The molecular weight excluding hydrogens is 270 g/mol. The van der Waals surface area contributed by atoms with Crippen LogP contribution in [0, 0.1) is 6.92 Å². The Labute approximate surface area is 122 Å². The molecule has 0 saturated carbocycles. The second-order valence-corrected chi connectivity index (χ2v) is 5.34. The standard InChI is InChI=1S/C15H17N3OS/c1-11(2)9-19-14-6-4-13(5-7-14)8-16-18-15-17-12(3)10-20-15/h4-8,10H,1,9H2,2-3H3,(H,17,18). The quantitative estimate of drug-likeness (QED) is 0.498. The van der Waals surface area contributed by atoms with E-state index in [-0.39, 0.29) is 0 Å². The van der Waals surface area contributed by atoms with E-state index in [1.165, 1.54) is 11.3 Å². The van der Waals surface area contributed by atoms with Crippen LogP contribution in [0.2, 0.25) is 0 Å². The van der Waals surface area contributed by atoms with Gasteiger partial charge in [-0.1, -0.05) is 6.58 Å². The van der Waals surface area contributed by atoms with Crippen LogP contribution in [-0.4, -0.2) is 17.8 Å². The average Bonchev–Trinajstić information content (AvgIpc) is 2.83. The third-order valence-corrected chi connectivity index (χ3v) is 3.22. The summed E-state index contributed by atoms with van der Waals surface area (Å²) in [5.74, 6) is 0.827. The molecule has 0 aliphatic rings. The zero-order valence-corrected chi connectivity index (χ0v) is 12.4. The Bertz CT molecular complexity index is 602. The van der Waals surface area contributed by atoms with Gasteiger partial charge in [-0.3, -0.25) is 5.43 Å². The molecule has 0 radical (unpaired) electrons. The number of rotatable bonds is 6. The fourth-order valence-electron chi connectivity index (χ4n) is 1.42. The van der Waals surface area contributed by atoms with Crippen LogP contribution in [0.3, 0.4) is 0 Å². The second-order valence-electron chi connectivity index (χ2n) is 4.48. The topological polar surface area (TPSA) is 46.5 Å². The van der Waals surface area contributed by atoms with E-state index in [9.17, 15) is 0 Å². The van der Waals surface area contributed by atoms with E-state index < -0.39 is 0 Å². The molecule has 1 aromatic heterocycles. The number of hydrazone groups is 1. The van der Waals surface area contributed by atoms with E-state index in [4.69, 9.17) is 4.74 Å². The lowest BCUT2D eigenvalue weighted by molar-refractivity contribution is 0.352. The van der Waals surface area contributed by atoms with Gasteiger partial charge in [-0.25, -0.2) is 4.98 Å². The molecule has 2 rings (SSSR count). The van der Waals surface area contributed by atoms with Crippen LogP contribution in [-0.2, 0) is 0 Å². The van der Waals surface area contributed by atoms with Gasteiger partial charge in [-0.05, 0) is 49.2 Å². The van der Waals surface area contributed by atoms with Crippen molar-refractivity contribution < 1.29 is 4.74 Å². The number of nitrogens with one attached hydrogen (secondary N) is 1. The molecule has 0 bridgehead atoms. The molecular formula is C15H17N3OS. The molecule has 1 aromatic carbocycles. The zero-order chi connectivity index (χ0) is 14.4. The van der Waals surface area contributed by atoms with Gasteiger partial charge in [0.1, 0.15) is 12.4 Å². The van der Waals surface area contributed by atoms with E-state index in [0.29, 0.717) is 6.61 Å². The highest BCUT2D eigenvalue weighted by Gasteiger charge is 1.96. The summed E-state index contributed by atoms with van der Waals surface area (Å²) in [6.07, 6.45) is 1.75. The maximum Gasteiger partial charge on any atom is 0.203 e. The summed E-state index contributed by atoms with van der Waals surface area (Å²) in [7, 11) is 0. The van der Waals surface area contributed by atoms with Crippen LogP contribution in [0.5, 0.6) is 5.75 Å². The van der Waals surface area contributed by atoms with E-state index >= 15 is 0 Å². The fourth-order valence-corrected chi connectivity index (χ4v) is 2.06. The maximum atomic E-state index is 5.53. The van der Waals surface area contributed by atoms with Crippen molar-refractivity contribution in [3.05, 3.63) is 53.1 Å². The SMILES string of the molecule is C=C(C)COc1ccc(C=NNc2nc(C)cs2)cc1. The van der Waals surface area contributed by atoms with Crippen LogP contribution < -0.4 is 10.2 Å². The molecule has 0 atom stereocenters. The van der Waals surface area contributed by atoms with Gasteiger partial charge in [0.05, 0.1) is 11.9 Å². The molecule has 0 aliphatic carbocycles. The number of benzene rings is 1. The van der Waals surface area contributed by atoms with Crippen molar-refractivity contribution in [1.29, 1.82) is 0 Å². The first-order chi connectivity index (χ1) is 9.63. The van der Waals surface area contributed by atoms with Crippen molar-refractivity contribution in [3.63, 3.8) is 0 Å². The Hall–Kier alpha value is -2.14. The molecule has 0 aliphatic heterocycles. The highest BCUT2D eigenvalue weighted by atomic mass is 32.1. The smallest absolute Gasteiger partial charge is 0.203 e. The maximum absolute atomic E-state index is 5.53. The Balaban J connectivity index is 1.88. The fraction of sp³-hybridized carbons (Fsp3) is 0.200. The van der Waals surface area contributed by atoms with Gasteiger partial charge < -0.3 is 4.74 Å². The van der Waals surface area contributed by atoms with Gasteiger partial charge >= 0.3 is 0 Å². The number of nitrogens with zero attached hydrogens (tertiary/aromatic N) is 2. The van der Waals surface area contributed by atoms with Crippen molar-refractivity contribution >= 4 is 22.7 Å². The third-order valence-electron chi connectivity index (χ3n) is 2.36. The molecule has 1 N–H and O–H groups in total. The molecule has 20 heavy (non-hydrogen) atoms. The number of hydrogen-bond donors (Lipinski definition) is 1. The minimum Gasteiger partial charge on any atom is -0.489 e. The Morgan fingerprint density at radius 1 is 1.45 bits per heavy atom. The van der Waals surface area contributed by atoms with Crippen molar-refractivity contribution in [2.24, 2.45) is 5.10 Å². The lowest BCUT2D eigenvalue weighted by Gasteiger charge is -2.05. The average molecular weight is 287 g/mol. The lowest BCUT2D eigenvalue weighted by atomic mass is 10.2. The van der Waals surface area contributed by atoms with Crippen molar-refractivity contribution in [2.75, 3.05) is 12.0 Å². The van der Waals surface area contributed by atoms with Crippen molar-refractivity contribution in [2.45, 2.75) is 13.8 Å². The van der Waals surface area contributed by atoms with Crippen LogP contribution in [0.25, 0.3) is 0 Å². The molecule has 0 fully saturated rings. The molecule has 4 nitrogen and oxygen atoms in total. The summed E-state index contributed by atoms with van der Waals surface area (Å²) in [5, 5.41) is 6.92. The summed E-state index contributed by atoms with van der Waals surface area (Å²) in [6.45, 7) is 8.23. The van der Waals surface area contributed by atoms with Gasteiger partial charge in [-0.15, -0.1) is 11.3 Å². The van der Waals surface area contributed by atoms with Gasteiger partial charge in [0.25, 0.3) is 0 Å². The summed E-state index contributed by atoms with van der Waals surface area (Å²) in [4.78, 5) is 4.26. The first-order valence-corrected chi connectivity index (χ1v) is 7.10. The summed E-state index contributed by atoms with van der Waals surface area (Å²) in [5.41, 5.74) is 5.89. The Morgan fingerprint density at radius 3 is 2.80 bits per heavy atom. The monoisotopic (exact) mass is 287 g/mol. The van der Waals surface area contributed by atoms with Gasteiger partial charge in [0.2, 0.25) is 5.13 Å². The highest BCUT2D eigenvalue weighted by molar-refractivity contribution is 7.13.